The van der Waals surface area contributed by atoms with Crippen molar-refractivity contribution in [2.24, 2.45) is 5.10 Å². The maximum atomic E-state index is 5.35. The van der Waals surface area contributed by atoms with Crippen LogP contribution in [0.4, 0.5) is 5.69 Å². The largest absolute Gasteiger partial charge is 0.301 e. The Labute approximate surface area is 315 Å². The number of amidine groups is 1. The highest BCUT2D eigenvalue weighted by Crippen LogP contribution is 2.30. The molecule has 0 aliphatic carbocycles. The van der Waals surface area contributed by atoms with Gasteiger partial charge in [0.1, 0.15) is 12.0 Å². The first-order valence-electron chi connectivity index (χ1n) is 21.9. The molecular formula is C46H77N3S. The second kappa shape index (κ2) is 29.6. The van der Waals surface area contributed by atoms with Gasteiger partial charge in [-0.2, -0.15) is 5.10 Å². The fraction of sp³-hybridized carbons (Fsp3) is 0.739. The molecule has 4 heteroatoms. The van der Waals surface area contributed by atoms with Gasteiger partial charge < -0.3 is 4.90 Å². The molecule has 2 aromatic carbocycles. The van der Waals surface area contributed by atoms with E-state index in [1.54, 1.807) is 5.37 Å². The lowest BCUT2D eigenvalue weighted by Gasteiger charge is -2.26. The Kier molecular flexibility index (Phi) is 25.2. The minimum absolute atomic E-state index is 0.0516. The summed E-state index contributed by atoms with van der Waals surface area (Å²) >= 11 is 5.35. The average Bonchev–Trinajstić information content (AvgIpc) is 3.56. The van der Waals surface area contributed by atoms with Crippen molar-refractivity contribution in [1.82, 2.24) is 5.43 Å². The number of nitrogens with zero attached hydrogens (tertiary/aromatic N) is 2. The third-order valence-electron chi connectivity index (χ3n) is 11.0. The second-order valence-corrected chi connectivity index (χ2v) is 15.7. The molecule has 0 radical (unpaired) electrons. The van der Waals surface area contributed by atoms with Crippen LogP contribution in [0.3, 0.4) is 0 Å². The van der Waals surface area contributed by atoms with Crippen molar-refractivity contribution in [3.05, 3.63) is 42.5 Å². The van der Waals surface area contributed by atoms with Gasteiger partial charge in [0, 0.05) is 17.2 Å². The lowest BCUT2D eigenvalue weighted by atomic mass is 10.0. The summed E-state index contributed by atoms with van der Waals surface area (Å²) in [5, 5.41) is 8.99. The average molecular weight is 704 g/mol. The molecular weight excluding hydrogens is 627 g/mol. The van der Waals surface area contributed by atoms with Crippen molar-refractivity contribution < 1.29 is 0 Å². The molecule has 1 aliphatic heterocycles. The van der Waals surface area contributed by atoms with Crippen molar-refractivity contribution in [2.45, 2.75) is 219 Å². The summed E-state index contributed by atoms with van der Waals surface area (Å²) in [7, 11) is 0. The van der Waals surface area contributed by atoms with Crippen LogP contribution >= 0.6 is 12.2 Å². The van der Waals surface area contributed by atoms with Crippen LogP contribution in [0.25, 0.3) is 10.8 Å². The maximum Gasteiger partial charge on any atom is 0.150 e. The van der Waals surface area contributed by atoms with Gasteiger partial charge in [0.25, 0.3) is 0 Å². The molecule has 0 bridgehead atoms. The number of fused-ring (bicyclic) bond motifs is 1. The van der Waals surface area contributed by atoms with Crippen LogP contribution in [-0.2, 0) is 0 Å². The fourth-order valence-electron chi connectivity index (χ4n) is 7.87. The Morgan fingerprint density at radius 2 is 0.900 bits per heavy atom. The van der Waals surface area contributed by atoms with Crippen LogP contribution in [0.5, 0.6) is 0 Å². The van der Waals surface area contributed by atoms with Crippen LogP contribution < -0.4 is 10.3 Å². The molecule has 0 saturated heterocycles. The molecule has 0 fully saturated rings. The molecule has 1 N–H and O–H groups in total. The number of thiocarbonyl (C=S) groups is 1. The summed E-state index contributed by atoms with van der Waals surface area (Å²) in [5.74, 6) is 1.11. The highest BCUT2D eigenvalue weighted by molar-refractivity contribution is 7.79. The molecule has 0 amide bonds. The number of rotatable bonds is 34. The van der Waals surface area contributed by atoms with Crippen LogP contribution in [-0.4, -0.2) is 17.4 Å². The lowest BCUT2D eigenvalue weighted by Crippen LogP contribution is -2.41. The minimum atomic E-state index is -0.0516. The van der Waals surface area contributed by atoms with E-state index in [0.717, 1.165) is 12.3 Å². The van der Waals surface area contributed by atoms with Crippen molar-refractivity contribution in [2.75, 3.05) is 4.90 Å². The zero-order valence-electron chi connectivity index (χ0n) is 32.6. The van der Waals surface area contributed by atoms with E-state index in [0.29, 0.717) is 0 Å². The predicted molar refractivity (Wildman–Crippen MR) is 228 cm³/mol. The molecule has 0 saturated carbocycles. The Balaban J connectivity index is 1.02. The van der Waals surface area contributed by atoms with E-state index in [-0.39, 0.29) is 6.17 Å². The van der Waals surface area contributed by atoms with E-state index in [2.05, 4.69) is 64.8 Å². The van der Waals surface area contributed by atoms with Crippen molar-refractivity contribution >= 4 is 39.9 Å². The van der Waals surface area contributed by atoms with Crippen LogP contribution in [0.2, 0.25) is 0 Å². The molecule has 2 aromatic rings. The molecule has 3 rings (SSSR count). The summed E-state index contributed by atoms with van der Waals surface area (Å²) in [6, 6.07) is 15.1. The first kappa shape index (κ1) is 42.5. The number of hydrogen-bond donors (Lipinski definition) is 1. The van der Waals surface area contributed by atoms with Gasteiger partial charge in [-0.15, -0.1) is 0 Å². The molecule has 1 aliphatic rings. The van der Waals surface area contributed by atoms with E-state index < -0.39 is 0 Å². The quantitative estimate of drug-likeness (QED) is 0.0581. The standard InChI is InChI=1S/C46H77N3S/c1-2-3-4-5-6-7-8-9-10-11-12-13-14-15-16-17-18-19-20-21-22-23-24-25-26-27-28-29-30-31-32-40-45-47-48-46(41-50)49(45)44-39-35-37-42-36-33-34-38-43(42)44/h33-39,41,46,48H,2-32,40H2,1H3. The third-order valence-corrected chi connectivity index (χ3v) is 11.3. The number of hydrazone groups is 1. The first-order chi connectivity index (χ1) is 24.8. The minimum Gasteiger partial charge on any atom is -0.301 e. The molecule has 0 spiro atoms. The summed E-state index contributed by atoms with van der Waals surface area (Å²) in [6.45, 7) is 2.31. The molecule has 1 unspecified atom stereocenters. The van der Waals surface area contributed by atoms with Gasteiger partial charge in [0.2, 0.25) is 0 Å². The van der Waals surface area contributed by atoms with Crippen LogP contribution in [0, 0.1) is 0 Å². The van der Waals surface area contributed by atoms with E-state index in [4.69, 9.17) is 12.2 Å². The van der Waals surface area contributed by atoms with Gasteiger partial charge in [-0.05, 0) is 17.9 Å². The SMILES string of the molecule is CCCCCCCCCCCCCCCCCCCCCCCCCCCCCCCCCC1=NNC(C=S)N1c1cccc2ccccc12. The summed E-state index contributed by atoms with van der Waals surface area (Å²) < 4.78 is 0. The Bertz CT molecular complexity index is 1120. The normalized spacial score (nSPS) is 14.4. The van der Waals surface area contributed by atoms with Gasteiger partial charge in [0.15, 0.2) is 0 Å². The van der Waals surface area contributed by atoms with Crippen LogP contribution in [0.15, 0.2) is 47.6 Å². The molecule has 50 heavy (non-hydrogen) atoms. The van der Waals surface area contributed by atoms with Gasteiger partial charge >= 0.3 is 0 Å². The highest BCUT2D eigenvalue weighted by atomic mass is 32.1. The van der Waals surface area contributed by atoms with Crippen LogP contribution in [0.1, 0.15) is 212 Å². The Morgan fingerprint density at radius 1 is 0.520 bits per heavy atom. The predicted octanol–water partition coefficient (Wildman–Crippen LogP) is 15.4. The summed E-state index contributed by atoms with van der Waals surface area (Å²) in [4.78, 5) is 2.30. The second-order valence-electron chi connectivity index (χ2n) is 15.5. The van der Waals surface area contributed by atoms with E-state index in [1.165, 1.54) is 216 Å². The highest BCUT2D eigenvalue weighted by Gasteiger charge is 2.28. The number of anilines is 1. The molecule has 3 nitrogen and oxygen atoms in total. The monoisotopic (exact) mass is 704 g/mol. The van der Waals surface area contributed by atoms with Crippen molar-refractivity contribution in [3.63, 3.8) is 0 Å². The van der Waals surface area contributed by atoms with Crippen molar-refractivity contribution in [1.29, 1.82) is 0 Å². The maximum absolute atomic E-state index is 5.35. The lowest BCUT2D eigenvalue weighted by molar-refractivity contribution is 0.512. The zero-order chi connectivity index (χ0) is 35.2. The van der Waals surface area contributed by atoms with E-state index in [9.17, 15) is 0 Å². The first-order valence-corrected chi connectivity index (χ1v) is 22.4. The molecule has 0 aromatic heterocycles. The third kappa shape index (κ3) is 18.5. The molecule has 1 atom stereocenters. The molecule has 282 valence electrons. The van der Waals surface area contributed by atoms with Gasteiger partial charge in [-0.25, -0.2) is 0 Å². The van der Waals surface area contributed by atoms with E-state index in [1.807, 2.05) is 0 Å². The summed E-state index contributed by atoms with van der Waals surface area (Å²) in [6.07, 6.45) is 45.6. The number of benzene rings is 2. The van der Waals surface area contributed by atoms with Gasteiger partial charge in [-0.3, -0.25) is 5.43 Å². The number of unbranched alkanes of at least 4 members (excludes halogenated alkanes) is 30. The summed E-state index contributed by atoms with van der Waals surface area (Å²) in [5.41, 5.74) is 4.44. The molecule has 1 heterocycles. The van der Waals surface area contributed by atoms with Gasteiger partial charge in [0.05, 0.1) is 5.69 Å². The van der Waals surface area contributed by atoms with Crippen molar-refractivity contribution in [3.8, 4) is 0 Å². The topological polar surface area (TPSA) is 27.6 Å². The Hall–Kier alpha value is -1.94. The Morgan fingerprint density at radius 3 is 1.32 bits per heavy atom. The van der Waals surface area contributed by atoms with E-state index >= 15 is 0 Å². The number of hydrogen-bond acceptors (Lipinski definition) is 4. The fourth-order valence-corrected chi connectivity index (χ4v) is 8.05. The zero-order valence-corrected chi connectivity index (χ0v) is 33.4. The van der Waals surface area contributed by atoms with Gasteiger partial charge in [-0.1, -0.05) is 248 Å². The number of nitrogens with one attached hydrogen (secondary N) is 1. The smallest absolute Gasteiger partial charge is 0.150 e.